The van der Waals surface area contributed by atoms with E-state index in [0.717, 1.165) is 23.3 Å². The van der Waals surface area contributed by atoms with Crippen molar-refractivity contribution in [3.63, 3.8) is 0 Å². The van der Waals surface area contributed by atoms with Crippen LogP contribution < -0.4 is 5.32 Å². The Morgan fingerprint density at radius 1 is 1.13 bits per heavy atom. The van der Waals surface area contributed by atoms with Gasteiger partial charge in [-0.25, -0.2) is 4.98 Å². The molecule has 122 valence electrons. The number of hydrogen-bond acceptors (Lipinski definition) is 3. The molecule has 23 heavy (non-hydrogen) atoms. The lowest BCUT2D eigenvalue weighted by atomic mass is 10.1. The van der Waals surface area contributed by atoms with Gasteiger partial charge in [-0.05, 0) is 24.1 Å². The molecule has 1 heterocycles. The maximum absolute atomic E-state index is 11.9. The number of nitrogens with zero attached hydrogens (tertiary/aromatic N) is 2. The summed E-state index contributed by atoms with van der Waals surface area (Å²) in [4.78, 5) is 20.4. The molecule has 0 bridgehead atoms. The quantitative estimate of drug-likeness (QED) is 0.845. The van der Waals surface area contributed by atoms with E-state index < -0.39 is 0 Å². The number of anilines is 1. The molecule has 1 aromatic carbocycles. The molecule has 0 aliphatic heterocycles. The average molecular weight is 311 g/mol. The van der Waals surface area contributed by atoms with E-state index in [-0.39, 0.29) is 5.91 Å². The van der Waals surface area contributed by atoms with Crippen molar-refractivity contribution >= 4 is 17.4 Å². The van der Waals surface area contributed by atoms with Crippen molar-refractivity contribution < 1.29 is 4.79 Å². The molecule has 0 fully saturated rings. The number of aliphatic imine (C=N–C) groups is 1. The fraction of sp³-hybridized carbons (Fsp3) is 0.316. The van der Waals surface area contributed by atoms with Crippen LogP contribution in [0.2, 0.25) is 0 Å². The van der Waals surface area contributed by atoms with Crippen molar-refractivity contribution in [3.05, 3.63) is 59.8 Å². The third-order valence-corrected chi connectivity index (χ3v) is 3.18. The molecule has 0 saturated heterocycles. The Kier molecular flexibility index (Phi) is 8.29. The first-order valence-corrected chi connectivity index (χ1v) is 7.98. The Balaban J connectivity index is 0.00000127. The summed E-state index contributed by atoms with van der Waals surface area (Å²) in [5.41, 5.74) is 2.98. The summed E-state index contributed by atoms with van der Waals surface area (Å²) in [5.74, 6) is 0.493. The zero-order chi connectivity index (χ0) is 17.1. The van der Waals surface area contributed by atoms with Crippen LogP contribution in [0.3, 0.4) is 0 Å². The standard InChI is InChI=1S/C17H19N3O.C2H6/c1-3-15(18-2)14-9-10-16(19-12-14)20-17(21)11-13-7-5-4-6-8-13;1-2/h4-10,12H,3,11H2,1-2H3,(H,19,20,21);1-2H3. The van der Waals surface area contributed by atoms with E-state index in [1.54, 1.807) is 19.3 Å². The Hall–Kier alpha value is -2.49. The minimum Gasteiger partial charge on any atom is -0.310 e. The van der Waals surface area contributed by atoms with Crippen LogP contribution in [-0.2, 0) is 11.2 Å². The average Bonchev–Trinajstić information content (AvgIpc) is 2.60. The number of carbonyl (C=O) groups is 1. The van der Waals surface area contributed by atoms with Crippen LogP contribution in [0.25, 0.3) is 0 Å². The minimum atomic E-state index is -0.0682. The van der Waals surface area contributed by atoms with E-state index in [9.17, 15) is 4.79 Å². The summed E-state index contributed by atoms with van der Waals surface area (Å²) in [6.45, 7) is 6.05. The Morgan fingerprint density at radius 2 is 1.83 bits per heavy atom. The van der Waals surface area contributed by atoms with Crippen LogP contribution in [0.15, 0.2) is 53.7 Å². The summed E-state index contributed by atoms with van der Waals surface area (Å²) < 4.78 is 0. The zero-order valence-electron chi connectivity index (χ0n) is 14.3. The van der Waals surface area contributed by atoms with E-state index in [2.05, 4.69) is 22.2 Å². The van der Waals surface area contributed by atoms with Crippen LogP contribution in [0.5, 0.6) is 0 Å². The summed E-state index contributed by atoms with van der Waals surface area (Å²) in [5, 5.41) is 2.80. The molecule has 0 unspecified atom stereocenters. The lowest BCUT2D eigenvalue weighted by molar-refractivity contribution is -0.115. The highest BCUT2D eigenvalue weighted by Gasteiger charge is 2.06. The highest BCUT2D eigenvalue weighted by atomic mass is 16.1. The SMILES string of the molecule is CC.CCC(=NC)c1ccc(NC(=O)Cc2ccccc2)nc1. The molecule has 0 spiro atoms. The largest absolute Gasteiger partial charge is 0.310 e. The van der Waals surface area contributed by atoms with Gasteiger partial charge in [0.15, 0.2) is 0 Å². The molecule has 0 aliphatic rings. The third kappa shape index (κ3) is 6.02. The molecule has 0 atom stereocenters. The fourth-order valence-corrected chi connectivity index (χ4v) is 2.10. The van der Waals surface area contributed by atoms with Crippen LogP contribution in [0.1, 0.15) is 38.3 Å². The first-order chi connectivity index (χ1) is 11.2. The van der Waals surface area contributed by atoms with E-state index in [4.69, 9.17) is 0 Å². The van der Waals surface area contributed by atoms with Gasteiger partial charge in [0.05, 0.1) is 6.42 Å². The fourth-order valence-electron chi connectivity index (χ4n) is 2.10. The molecule has 2 aromatic rings. The smallest absolute Gasteiger partial charge is 0.229 e. The maximum atomic E-state index is 11.9. The van der Waals surface area contributed by atoms with Crippen molar-refractivity contribution in [2.75, 3.05) is 12.4 Å². The van der Waals surface area contributed by atoms with Gasteiger partial charge >= 0.3 is 0 Å². The van der Waals surface area contributed by atoms with Crippen LogP contribution >= 0.6 is 0 Å². The number of amides is 1. The molecule has 0 radical (unpaired) electrons. The molecule has 1 aromatic heterocycles. The molecule has 1 N–H and O–H groups in total. The highest BCUT2D eigenvalue weighted by Crippen LogP contribution is 2.09. The van der Waals surface area contributed by atoms with E-state index >= 15 is 0 Å². The normalized spacial score (nSPS) is 10.5. The van der Waals surface area contributed by atoms with E-state index in [1.165, 1.54) is 0 Å². The molecule has 0 saturated carbocycles. The molecular formula is C19H25N3O. The van der Waals surface area contributed by atoms with Crippen molar-refractivity contribution in [1.29, 1.82) is 0 Å². The maximum Gasteiger partial charge on any atom is 0.229 e. The van der Waals surface area contributed by atoms with Gasteiger partial charge in [0.1, 0.15) is 5.82 Å². The van der Waals surface area contributed by atoms with Gasteiger partial charge in [0, 0.05) is 24.5 Å². The van der Waals surface area contributed by atoms with Crippen LogP contribution in [0.4, 0.5) is 5.82 Å². The van der Waals surface area contributed by atoms with Gasteiger partial charge in [-0.15, -0.1) is 0 Å². The first kappa shape index (κ1) is 18.6. The Bertz CT molecular complexity index is 619. The molecular weight excluding hydrogens is 286 g/mol. The number of benzene rings is 1. The highest BCUT2D eigenvalue weighted by molar-refractivity contribution is 6.00. The van der Waals surface area contributed by atoms with Crippen LogP contribution in [-0.4, -0.2) is 23.7 Å². The van der Waals surface area contributed by atoms with Gasteiger partial charge in [-0.2, -0.15) is 0 Å². The number of carbonyl (C=O) groups excluding carboxylic acids is 1. The lowest BCUT2D eigenvalue weighted by Gasteiger charge is -2.06. The molecule has 1 amide bonds. The van der Waals surface area contributed by atoms with Gasteiger partial charge in [0.2, 0.25) is 5.91 Å². The number of hydrogen-bond donors (Lipinski definition) is 1. The third-order valence-electron chi connectivity index (χ3n) is 3.18. The van der Waals surface area contributed by atoms with Gasteiger partial charge in [-0.1, -0.05) is 51.1 Å². The summed E-state index contributed by atoms with van der Waals surface area (Å²) in [7, 11) is 1.77. The second-order valence-corrected chi connectivity index (χ2v) is 4.67. The number of aromatic nitrogens is 1. The van der Waals surface area contributed by atoms with Gasteiger partial charge in [-0.3, -0.25) is 9.79 Å². The van der Waals surface area contributed by atoms with Gasteiger partial charge < -0.3 is 5.32 Å². The van der Waals surface area contributed by atoms with Crippen molar-refractivity contribution in [3.8, 4) is 0 Å². The summed E-state index contributed by atoms with van der Waals surface area (Å²) in [6, 6.07) is 13.4. The minimum absolute atomic E-state index is 0.0682. The predicted octanol–water partition coefficient (Wildman–Crippen LogP) is 4.12. The number of pyridine rings is 1. The zero-order valence-corrected chi connectivity index (χ0v) is 14.3. The second-order valence-electron chi connectivity index (χ2n) is 4.67. The Morgan fingerprint density at radius 3 is 2.35 bits per heavy atom. The van der Waals surface area contributed by atoms with E-state index in [0.29, 0.717) is 12.2 Å². The summed E-state index contributed by atoms with van der Waals surface area (Å²) in [6.07, 6.45) is 2.95. The molecule has 2 rings (SSSR count). The second kappa shape index (κ2) is 10.3. The molecule has 0 aliphatic carbocycles. The van der Waals surface area contributed by atoms with Crippen molar-refractivity contribution in [2.24, 2.45) is 4.99 Å². The molecule has 4 nitrogen and oxygen atoms in total. The van der Waals surface area contributed by atoms with Crippen LogP contribution in [0, 0.1) is 0 Å². The topological polar surface area (TPSA) is 54.4 Å². The Labute approximate surface area is 138 Å². The lowest BCUT2D eigenvalue weighted by Crippen LogP contribution is -2.15. The monoisotopic (exact) mass is 311 g/mol. The van der Waals surface area contributed by atoms with Crippen molar-refractivity contribution in [1.82, 2.24) is 4.98 Å². The van der Waals surface area contributed by atoms with Crippen molar-refractivity contribution in [2.45, 2.75) is 33.6 Å². The van der Waals surface area contributed by atoms with Gasteiger partial charge in [0.25, 0.3) is 0 Å². The molecule has 4 heteroatoms. The predicted molar refractivity (Wildman–Crippen MR) is 97.1 cm³/mol. The summed E-state index contributed by atoms with van der Waals surface area (Å²) >= 11 is 0. The number of rotatable bonds is 5. The number of nitrogens with one attached hydrogen (secondary N) is 1. The van der Waals surface area contributed by atoms with E-state index in [1.807, 2.05) is 50.2 Å². The first-order valence-electron chi connectivity index (χ1n) is 7.98.